The van der Waals surface area contributed by atoms with E-state index in [4.69, 9.17) is 10.5 Å². The summed E-state index contributed by atoms with van der Waals surface area (Å²) in [6.45, 7) is 6.80. The summed E-state index contributed by atoms with van der Waals surface area (Å²) in [5.74, 6) is 0.513. The van der Waals surface area contributed by atoms with Crippen LogP contribution in [0.15, 0.2) is 4.99 Å². The van der Waals surface area contributed by atoms with E-state index in [0.29, 0.717) is 12.0 Å². The van der Waals surface area contributed by atoms with E-state index in [-0.39, 0.29) is 6.04 Å². The Labute approximate surface area is 80.6 Å². The molecule has 78 valence electrons. The van der Waals surface area contributed by atoms with Gasteiger partial charge in [-0.05, 0) is 27.2 Å². The van der Waals surface area contributed by atoms with Crippen molar-refractivity contribution in [2.45, 2.75) is 39.3 Å². The van der Waals surface area contributed by atoms with Crippen molar-refractivity contribution in [3.8, 4) is 0 Å². The van der Waals surface area contributed by atoms with Crippen LogP contribution >= 0.6 is 0 Å². The van der Waals surface area contributed by atoms with Crippen LogP contribution < -0.4 is 11.1 Å². The van der Waals surface area contributed by atoms with Gasteiger partial charge < -0.3 is 15.8 Å². The van der Waals surface area contributed by atoms with Crippen LogP contribution in [-0.4, -0.2) is 31.8 Å². The first-order chi connectivity index (χ1) is 6.06. The lowest BCUT2D eigenvalue weighted by Gasteiger charge is -2.11. The molecule has 0 aliphatic carbocycles. The number of ether oxygens (including phenoxy) is 1. The Hall–Kier alpha value is -0.770. The van der Waals surface area contributed by atoms with Crippen molar-refractivity contribution in [1.29, 1.82) is 0 Å². The molecule has 0 aromatic heterocycles. The van der Waals surface area contributed by atoms with Gasteiger partial charge in [-0.1, -0.05) is 0 Å². The lowest BCUT2D eigenvalue weighted by atomic mass is 10.2. The van der Waals surface area contributed by atoms with Crippen molar-refractivity contribution in [1.82, 2.24) is 5.32 Å². The third kappa shape index (κ3) is 7.59. The van der Waals surface area contributed by atoms with E-state index in [9.17, 15) is 0 Å². The van der Waals surface area contributed by atoms with Gasteiger partial charge in [0.05, 0.1) is 6.04 Å². The highest BCUT2D eigenvalue weighted by Gasteiger charge is 2.00. The van der Waals surface area contributed by atoms with E-state index in [1.54, 1.807) is 7.11 Å². The second kappa shape index (κ2) is 6.71. The molecule has 1 atom stereocenters. The molecular formula is C9H21N3O. The van der Waals surface area contributed by atoms with Gasteiger partial charge in [-0.15, -0.1) is 0 Å². The highest BCUT2D eigenvalue weighted by Crippen LogP contribution is 1.95. The van der Waals surface area contributed by atoms with Crippen molar-refractivity contribution in [3.63, 3.8) is 0 Å². The van der Waals surface area contributed by atoms with Gasteiger partial charge in [0, 0.05) is 19.8 Å². The molecule has 0 aromatic rings. The summed E-state index contributed by atoms with van der Waals surface area (Å²) < 4.78 is 4.94. The molecule has 3 N–H and O–H groups in total. The average molecular weight is 187 g/mol. The molecule has 13 heavy (non-hydrogen) atoms. The van der Waals surface area contributed by atoms with Gasteiger partial charge in [0.2, 0.25) is 0 Å². The number of hydrogen-bond donors (Lipinski definition) is 2. The van der Waals surface area contributed by atoms with Gasteiger partial charge in [-0.2, -0.15) is 0 Å². The van der Waals surface area contributed by atoms with Gasteiger partial charge >= 0.3 is 0 Å². The van der Waals surface area contributed by atoms with Crippen molar-refractivity contribution in [2.24, 2.45) is 10.7 Å². The minimum Gasteiger partial charge on any atom is -0.385 e. The Kier molecular flexibility index (Phi) is 6.32. The van der Waals surface area contributed by atoms with Crippen LogP contribution in [-0.2, 0) is 4.74 Å². The van der Waals surface area contributed by atoms with Crippen LogP contribution in [0.4, 0.5) is 0 Å². The Morgan fingerprint density at radius 1 is 1.46 bits per heavy atom. The fourth-order valence-electron chi connectivity index (χ4n) is 0.923. The Bertz CT molecular complexity index is 157. The first kappa shape index (κ1) is 12.2. The lowest BCUT2D eigenvalue weighted by molar-refractivity contribution is 0.190. The molecule has 0 aliphatic heterocycles. The smallest absolute Gasteiger partial charge is 0.189 e. The number of aliphatic imine (C=N–C) groups is 1. The molecule has 0 saturated heterocycles. The van der Waals surface area contributed by atoms with E-state index in [1.807, 2.05) is 20.8 Å². The number of rotatable bonds is 5. The molecule has 0 rings (SSSR count). The standard InChI is InChI=1S/C9H21N3O/c1-7(2)11-9(10)12-8(3)5-6-13-4/h7-8H,5-6H2,1-4H3,(H3,10,11,12). The monoisotopic (exact) mass is 187 g/mol. The van der Waals surface area contributed by atoms with Gasteiger partial charge in [-0.3, -0.25) is 4.99 Å². The molecule has 0 radical (unpaired) electrons. The third-order valence-electron chi connectivity index (χ3n) is 1.54. The predicted octanol–water partition coefficient (Wildman–Crippen LogP) is 0.724. The number of nitrogens with one attached hydrogen (secondary N) is 1. The Morgan fingerprint density at radius 2 is 2.08 bits per heavy atom. The van der Waals surface area contributed by atoms with Crippen LogP contribution in [0.5, 0.6) is 0 Å². The summed E-state index contributed by atoms with van der Waals surface area (Å²) >= 11 is 0. The molecule has 0 heterocycles. The second-order valence-corrected chi connectivity index (χ2v) is 3.44. The van der Waals surface area contributed by atoms with Gasteiger partial charge in [0.1, 0.15) is 0 Å². The fraction of sp³-hybridized carbons (Fsp3) is 0.889. The van der Waals surface area contributed by atoms with Gasteiger partial charge in [0.15, 0.2) is 5.96 Å². The normalized spacial score (nSPS) is 14.7. The van der Waals surface area contributed by atoms with E-state index < -0.39 is 0 Å². The summed E-state index contributed by atoms with van der Waals surface area (Å²) in [7, 11) is 1.69. The molecule has 4 heteroatoms. The highest BCUT2D eigenvalue weighted by molar-refractivity contribution is 5.78. The summed E-state index contributed by atoms with van der Waals surface area (Å²) in [4.78, 5) is 4.26. The lowest BCUT2D eigenvalue weighted by Crippen LogP contribution is -2.37. The topological polar surface area (TPSA) is 59.6 Å². The van der Waals surface area contributed by atoms with Crippen molar-refractivity contribution in [3.05, 3.63) is 0 Å². The third-order valence-corrected chi connectivity index (χ3v) is 1.54. The van der Waals surface area contributed by atoms with Crippen LogP contribution in [0.1, 0.15) is 27.2 Å². The Balaban J connectivity index is 3.76. The number of hydrogen-bond acceptors (Lipinski definition) is 2. The van der Waals surface area contributed by atoms with Gasteiger partial charge in [-0.25, -0.2) is 0 Å². The Morgan fingerprint density at radius 3 is 2.54 bits per heavy atom. The molecule has 4 nitrogen and oxygen atoms in total. The summed E-state index contributed by atoms with van der Waals surface area (Å²) in [5.41, 5.74) is 5.65. The van der Waals surface area contributed by atoms with Crippen molar-refractivity contribution >= 4 is 5.96 Å². The molecule has 0 saturated carbocycles. The van der Waals surface area contributed by atoms with Crippen LogP contribution in [0.25, 0.3) is 0 Å². The highest BCUT2D eigenvalue weighted by atomic mass is 16.5. The minimum atomic E-state index is 0.214. The molecule has 0 spiro atoms. The molecule has 0 aliphatic rings. The largest absolute Gasteiger partial charge is 0.385 e. The zero-order chi connectivity index (χ0) is 10.3. The molecule has 0 fully saturated rings. The second-order valence-electron chi connectivity index (χ2n) is 3.44. The quantitative estimate of drug-likeness (QED) is 0.492. The molecule has 0 bridgehead atoms. The van der Waals surface area contributed by atoms with Crippen LogP contribution in [0.3, 0.4) is 0 Å². The van der Waals surface area contributed by atoms with E-state index in [1.165, 1.54) is 0 Å². The maximum absolute atomic E-state index is 5.65. The fourth-order valence-corrected chi connectivity index (χ4v) is 0.923. The maximum Gasteiger partial charge on any atom is 0.189 e. The molecule has 1 unspecified atom stereocenters. The molecular weight excluding hydrogens is 166 g/mol. The van der Waals surface area contributed by atoms with Crippen LogP contribution in [0, 0.1) is 0 Å². The van der Waals surface area contributed by atoms with E-state index in [0.717, 1.165) is 13.0 Å². The summed E-state index contributed by atoms with van der Waals surface area (Å²) in [5, 5.41) is 3.04. The SMILES string of the molecule is COCCC(C)N=C(N)NC(C)C. The predicted molar refractivity (Wildman–Crippen MR) is 55.8 cm³/mol. The average Bonchev–Trinajstić information content (AvgIpc) is 1.98. The number of guanidine groups is 1. The molecule has 0 amide bonds. The first-order valence-corrected chi connectivity index (χ1v) is 4.65. The number of nitrogens with zero attached hydrogens (tertiary/aromatic N) is 1. The maximum atomic E-state index is 5.65. The number of methoxy groups -OCH3 is 1. The van der Waals surface area contributed by atoms with Crippen molar-refractivity contribution < 1.29 is 4.74 Å². The van der Waals surface area contributed by atoms with E-state index in [2.05, 4.69) is 10.3 Å². The van der Waals surface area contributed by atoms with Gasteiger partial charge in [0.25, 0.3) is 0 Å². The minimum absolute atomic E-state index is 0.214. The first-order valence-electron chi connectivity index (χ1n) is 4.65. The zero-order valence-corrected chi connectivity index (χ0v) is 9.00. The van der Waals surface area contributed by atoms with E-state index >= 15 is 0 Å². The number of nitrogens with two attached hydrogens (primary N) is 1. The zero-order valence-electron chi connectivity index (χ0n) is 9.00. The van der Waals surface area contributed by atoms with Crippen LogP contribution in [0.2, 0.25) is 0 Å². The molecule has 0 aromatic carbocycles. The summed E-state index contributed by atoms with van der Waals surface area (Å²) in [6.07, 6.45) is 0.900. The van der Waals surface area contributed by atoms with Crippen molar-refractivity contribution in [2.75, 3.05) is 13.7 Å². The summed E-state index contributed by atoms with van der Waals surface area (Å²) in [6, 6.07) is 0.546.